The Kier molecular flexibility index (Phi) is 10.9. The van der Waals surface area contributed by atoms with Crippen LogP contribution in [0.15, 0.2) is 12.1 Å². The average Bonchev–Trinajstić information content (AvgIpc) is 2.60. The molecule has 28 heavy (non-hydrogen) atoms. The summed E-state index contributed by atoms with van der Waals surface area (Å²) in [7, 11) is 0. The summed E-state index contributed by atoms with van der Waals surface area (Å²) < 4.78 is 0. The van der Waals surface area contributed by atoms with E-state index in [1.807, 2.05) is 0 Å². The van der Waals surface area contributed by atoms with Crippen molar-refractivity contribution < 1.29 is 19.8 Å². The Morgan fingerprint density at radius 1 is 0.679 bits per heavy atom. The molecule has 0 heterocycles. The molecule has 0 amide bonds. The second kappa shape index (κ2) is 12.6. The zero-order valence-corrected chi connectivity index (χ0v) is 18.1. The van der Waals surface area contributed by atoms with E-state index in [1.165, 1.54) is 25.0 Å². The molecule has 4 heteroatoms. The van der Waals surface area contributed by atoms with Gasteiger partial charge in [-0.25, -0.2) is 9.59 Å². The Morgan fingerprint density at radius 3 is 1.32 bits per heavy atom. The minimum Gasteiger partial charge on any atom is -0.478 e. The number of benzene rings is 1. The van der Waals surface area contributed by atoms with Crippen molar-refractivity contribution in [1.82, 2.24) is 0 Å². The molecule has 1 aromatic carbocycles. The molecule has 0 aliphatic heterocycles. The van der Waals surface area contributed by atoms with Crippen LogP contribution in [0.4, 0.5) is 0 Å². The third-order valence-electron chi connectivity index (χ3n) is 5.31. The fraction of sp³-hybridized carbons (Fsp3) is 0.667. The Labute approximate surface area is 170 Å². The predicted molar refractivity (Wildman–Crippen MR) is 114 cm³/mol. The predicted octanol–water partition coefficient (Wildman–Crippen LogP) is 6.60. The molecular formula is C24H38O4. The molecule has 0 aliphatic rings. The molecule has 4 nitrogen and oxygen atoms in total. The Bertz CT molecular complexity index is 577. The van der Waals surface area contributed by atoms with Gasteiger partial charge < -0.3 is 10.2 Å². The summed E-state index contributed by atoms with van der Waals surface area (Å²) in [6.45, 7) is 8.82. The van der Waals surface area contributed by atoms with Gasteiger partial charge in [-0.3, -0.25) is 0 Å². The number of carbonyl (C=O) groups is 2. The fourth-order valence-corrected chi connectivity index (χ4v) is 3.73. The Morgan fingerprint density at radius 2 is 1.04 bits per heavy atom. The summed E-state index contributed by atoms with van der Waals surface area (Å²) in [5, 5.41) is 19.2. The summed E-state index contributed by atoms with van der Waals surface area (Å²) in [6, 6.07) is 2.94. The van der Waals surface area contributed by atoms with Crippen molar-refractivity contribution in [2.45, 2.75) is 91.9 Å². The van der Waals surface area contributed by atoms with Crippen molar-refractivity contribution in [3.8, 4) is 0 Å². The number of hydrogen-bond acceptors (Lipinski definition) is 2. The van der Waals surface area contributed by atoms with Crippen molar-refractivity contribution in [2.75, 3.05) is 0 Å². The highest BCUT2D eigenvalue weighted by Gasteiger charge is 2.20. The number of unbranched alkanes of at least 4 members (excludes halogenated alkanes) is 4. The monoisotopic (exact) mass is 390 g/mol. The molecule has 0 saturated carbocycles. The quantitative estimate of drug-likeness (QED) is 0.351. The summed E-state index contributed by atoms with van der Waals surface area (Å²) in [5.74, 6) is -0.581. The van der Waals surface area contributed by atoms with Crippen LogP contribution in [0, 0.1) is 11.8 Å². The van der Waals surface area contributed by atoms with Crippen molar-refractivity contribution in [2.24, 2.45) is 11.8 Å². The van der Waals surface area contributed by atoms with Crippen LogP contribution in [-0.2, 0) is 12.8 Å². The van der Waals surface area contributed by atoms with Gasteiger partial charge in [0.05, 0.1) is 11.1 Å². The Hall–Kier alpha value is -1.84. The van der Waals surface area contributed by atoms with E-state index in [1.54, 1.807) is 0 Å². The summed E-state index contributed by atoms with van der Waals surface area (Å²) in [4.78, 5) is 23.5. The van der Waals surface area contributed by atoms with E-state index in [0.717, 1.165) is 49.7 Å². The molecule has 0 bridgehead atoms. The van der Waals surface area contributed by atoms with Gasteiger partial charge in [0.15, 0.2) is 0 Å². The van der Waals surface area contributed by atoms with E-state index >= 15 is 0 Å². The van der Waals surface area contributed by atoms with Crippen LogP contribution < -0.4 is 0 Å². The van der Waals surface area contributed by atoms with Crippen LogP contribution in [0.5, 0.6) is 0 Å². The minimum atomic E-state index is -0.963. The molecule has 0 saturated heterocycles. The zero-order valence-electron chi connectivity index (χ0n) is 18.1. The fourth-order valence-electron chi connectivity index (χ4n) is 3.73. The highest BCUT2D eigenvalue weighted by molar-refractivity contribution is 5.95. The smallest absolute Gasteiger partial charge is 0.335 e. The van der Waals surface area contributed by atoms with Crippen LogP contribution >= 0.6 is 0 Å². The lowest BCUT2D eigenvalue weighted by Gasteiger charge is -2.16. The summed E-state index contributed by atoms with van der Waals surface area (Å²) >= 11 is 0. The van der Waals surface area contributed by atoms with Gasteiger partial charge in [0, 0.05) is 0 Å². The largest absolute Gasteiger partial charge is 0.478 e. The van der Waals surface area contributed by atoms with Gasteiger partial charge in [-0.15, -0.1) is 0 Å². The van der Waals surface area contributed by atoms with E-state index in [-0.39, 0.29) is 11.1 Å². The maximum absolute atomic E-state index is 11.7. The van der Waals surface area contributed by atoms with Gasteiger partial charge in [-0.1, -0.05) is 66.2 Å². The molecule has 0 aliphatic carbocycles. The molecule has 1 rings (SSSR count). The van der Waals surface area contributed by atoms with E-state index in [0.29, 0.717) is 24.7 Å². The molecule has 0 fully saturated rings. The van der Waals surface area contributed by atoms with Crippen molar-refractivity contribution in [3.05, 3.63) is 34.4 Å². The van der Waals surface area contributed by atoms with Crippen molar-refractivity contribution in [3.63, 3.8) is 0 Å². The molecule has 0 aromatic heterocycles. The van der Waals surface area contributed by atoms with Gasteiger partial charge in [-0.2, -0.15) is 0 Å². The highest BCUT2D eigenvalue weighted by atomic mass is 16.4. The molecule has 0 radical (unpaired) electrons. The number of carboxylic acid groups (broad SMARTS) is 2. The topological polar surface area (TPSA) is 74.6 Å². The van der Waals surface area contributed by atoms with Crippen LogP contribution in [0.1, 0.15) is 111 Å². The minimum absolute atomic E-state index is 0.269. The zero-order chi connectivity index (χ0) is 21.1. The first kappa shape index (κ1) is 24.2. The van der Waals surface area contributed by atoms with Crippen molar-refractivity contribution >= 4 is 11.9 Å². The lowest BCUT2D eigenvalue weighted by atomic mass is 9.88. The van der Waals surface area contributed by atoms with Crippen LogP contribution in [-0.4, -0.2) is 22.2 Å². The van der Waals surface area contributed by atoms with Crippen molar-refractivity contribution in [1.29, 1.82) is 0 Å². The van der Waals surface area contributed by atoms with Crippen LogP contribution in [0.2, 0.25) is 0 Å². The van der Waals surface area contributed by atoms with Gasteiger partial charge in [0.1, 0.15) is 0 Å². The standard InChI is InChI=1S/C24H38O4/c1-17(2)11-7-5-9-13-19-20(14-10-6-8-12-18(3)4)22(24(27)28)16-15-21(19)23(25)26/h15-18H,5-14H2,1-4H3,(H,25,26)(H,27,28). The number of aromatic carboxylic acids is 2. The van der Waals surface area contributed by atoms with E-state index < -0.39 is 11.9 Å². The lowest BCUT2D eigenvalue weighted by Crippen LogP contribution is -2.12. The lowest BCUT2D eigenvalue weighted by molar-refractivity contribution is 0.0679. The van der Waals surface area contributed by atoms with Crippen LogP contribution in [0.25, 0.3) is 0 Å². The first-order valence-corrected chi connectivity index (χ1v) is 10.8. The number of carboxylic acids is 2. The molecule has 0 spiro atoms. The third-order valence-corrected chi connectivity index (χ3v) is 5.31. The number of rotatable bonds is 14. The molecule has 1 aromatic rings. The summed E-state index contributed by atoms with van der Waals surface area (Å²) in [6.07, 6.45) is 9.77. The van der Waals surface area contributed by atoms with Crippen LogP contribution in [0.3, 0.4) is 0 Å². The first-order chi connectivity index (χ1) is 13.2. The second-order valence-electron chi connectivity index (χ2n) is 8.71. The average molecular weight is 391 g/mol. The molecule has 158 valence electrons. The maximum Gasteiger partial charge on any atom is 0.335 e. The van der Waals surface area contributed by atoms with Gasteiger partial charge in [0.25, 0.3) is 0 Å². The van der Waals surface area contributed by atoms with Gasteiger partial charge in [-0.05, 0) is 60.8 Å². The molecular weight excluding hydrogens is 352 g/mol. The molecule has 2 N–H and O–H groups in total. The second-order valence-corrected chi connectivity index (χ2v) is 8.71. The van der Waals surface area contributed by atoms with Gasteiger partial charge in [0.2, 0.25) is 0 Å². The third kappa shape index (κ3) is 8.45. The summed E-state index contributed by atoms with van der Waals surface area (Å²) in [5.41, 5.74) is 2.01. The van der Waals surface area contributed by atoms with Gasteiger partial charge >= 0.3 is 11.9 Å². The maximum atomic E-state index is 11.7. The highest BCUT2D eigenvalue weighted by Crippen LogP contribution is 2.25. The van der Waals surface area contributed by atoms with E-state index in [4.69, 9.17) is 0 Å². The first-order valence-electron chi connectivity index (χ1n) is 10.8. The van der Waals surface area contributed by atoms with E-state index in [9.17, 15) is 19.8 Å². The number of hydrogen-bond donors (Lipinski definition) is 2. The molecule has 0 atom stereocenters. The van der Waals surface area contributed by atoms with E-state index in [2.05, 4.69) is 27.7 Å². The SMILES string of the molecule is CC(C)CCCCCc1c(C(=O)O)ccc(C(=O)O)c1CCCCCC(C)C. The molecule has 0 unspecified atom stereocenters. The Balaban J connectivity index is 2.94. The normalized spacial score (nSPS) is 11.4.